The van der Waals surface area contributed by atoms with Gasteiger partial charge in [0.15, 0.2) is 0 Å². The van der Waals surface area contributed by atoms with Gasteiger partial charge >= 0.3 is 0 Å². The molecule has 1 saturated heterocycles. The van der Waals surface area contributed by atoms with Crippen molar-refractivity contribution in [2.24, 2.45) is 0 Å². The van der Waals surface area contributed by atoms with Crippen LogP contribution in [-0.4, -0.2) is 52.0 Å². The second-order valence-electron chi connectivity index (χ2n) is 6.85. The number of nitrogens with one attached hydrogen (secondary N) is 1. The highest BCUT2D eigenvalue weighted by atomic mass is 32.2. The fourth-order valence-corrected chi connectivity index (χ4v) is 4.79. The van der Waals surface area contributed by atoms with Gasteiger partial charge in [0.05, 0.1) is 25.6 Å². The second-order valence-corrected chi connectivity index (χ2v) is 8.82. The summed E-state index contributed by atoms with van der Waals surface area (Å²) in [6.45, 7) is 2.27. The van der Waals surface area contributed by atoms with Gasteiger partial charge in [-0.15, -0.1) is 0 Å². The minimum Gasteiger partial charge on any atom is -0.380 e. The van der Waals surface area contributed by atoms with Gasteiger partial charge in [0, 0.05) is 32.3 Å². The molecule has 1 aliphatic rings. The fourth-order valence-electron chi connectivity index (χ4n) is 3.23. The highest BCUT2D eigenvalue weighted by Gasteiger charge is 2.25. The molecule has 0 aliphatic carbocycles. The molecular formula is C21H26N2O5S. The summed E-state index contributed by atoms with van der Waals surface area (Å²) in [5, 5.41) is 2.88. The number of benzene rings is 2. The van der Waals surface area contributed by atoms with Crippen molar-refractivity contribution in [3.63, 3.8) is 0 Å². The number of carbonyl (C=O) groups excluding carboxylic acids is 1. The molecule has 1 heterocycles. The number of sulfonamides is 1. The van der Waals surface area contributed by atoms with Crippen LogP contribution in [0.5, 0.6) is 0 Å². The van der Waals surface area contributed by atoms with Gasteiger partial charge in [-0.1, -0.05) is 36.4 Å². The van der Waals surface area contributed by atoms with E-state index >= 15 is 0 Å². The molecule has 0 atom stereocenters. The van der Waals surface area contributed by atoms with Crippen molar-refractivity contribution in [2.75, 3.05) is 33.4 Å². The topological polar surface area (TPSA) is 84.9 Å². The molecule has 0 unspecified atom stereocenters. The van der Waals surface area contributed by atoms with Crippen LogP contribution in [0.3, 0.4) is 0 Å². The van der Waals surface area contributed by atoms with E-state index in [1.807, 2.05) is 30.3 Å². The molecular weight excluding hydrogens is 392 g/mol. The summed E-state index contributed by atoms with van der Waals surface area (Å²) in [5.74, 6) is -0.309. The number of ether oxygens (including phenoxy) is 2. The molecule has 0 spiro atoms. The molecule has 156 valence electrons. The summed E-state index contributed by atoms with van der Waals surface area (Å²) in [7, 11) is -1.83. The number of hydrogen-bond donors (Lipinski definition) is 1. The Morgan fingerprint density at radius 3 is 2.55 bits per heavy atom. The number of rotatable bonds is 8. The van der Waals surface area contributed by atoms with E-state index in [-0.39, 0.29) is 18.2 Å². The molecule has 2 aromatic rings. The number of hydrogen-bond acceptors (Lipinski definition) is 5. The molecule has 0 radical (unpaired) electrons. The molecule has 29 heavy (non-hydrogen) atoms. The first-order chi connectivity index (χ1) is 14.0. The van der Waals surface area contributed by atoms with Gasteiger partial charge in [0.25, 0.3) is 5.91 Å². The second kappa shape index (κ2) is 9.98. The summed E-state index contributed by atoms with van der Waals surface area (Å²) in [4.78, 5) is 12.5. The van der Waals surface area contributed by atoms with Crippen LogP contribution in [0.4, 0.5) is 0 Å². The van der Waals surface area contributed by atoms with Crippen LogP contribution >= 0.6 is 0 Å². The van der Waals surface area contributed by atoms with Crippen LogP contribution in [0, 0.1) is 0 Å². The van der Waals surface area contributed by atoms with Crippen LogP contribution in [0.15, 0.2) is 48.5 Å². The third-order valence-electron chi connectivity index (χ3n) is 4.76. The van der Waals surface area contributed by atoms with E-state index < -0.39 is 10.0 Å². The first-order valence-corrected chi connectivity index (χ1v) is 11.1. The summed E-state index contributed by atoms with van der Waals surface area (Å²) in [6, 6.07) is 14.5. The molecule has 8 heteroatoms. The van der Waals surface area contributed by atoms with Gasteiger partial charge in [0.1, 0.15) is 0 Å². The summed E-state index contributed by atoms with van der Waals surface area (Å²) >= 11 is 0. The molecule has 1 fully saturated rings. The molecule has 1 N–H and O–H groups in total. The average molecular weight is 419 g/mol. The molecule has 3 rings (SSSR count). The smallest absolute Gasteiger partial charge is 0.251 e. The van der Waals surface area contributed by atoms with E-state index in [2.05, 4.69) is 5.32 Å². The van der Waals surface area contributed by atoms with Crippen molar-refractivity contribution in [3.05, 3.63) is 70.8 Å². The van der Waals surface area contributed by atoms with Gasteiger partial charge in [-0.05, 0) is 28.8 Å². The Bertz CT molecular complexity index is 940. The first-order valence-electron chi connectivity index (χ1n) is 9.48. The van der Waals surface area contributed by atoms with Gasteiger partial charge < -0.3 is 14.8 Å². The Labute approximate surface area is 171 Å². The zero-order chi connectivity index (χ0) is 20.7. The molecule has 0 aromatic heterocycles. The number of morpholine rings is 1. The minimum absolute atomic E-state index is 0.0949. The standard InChI is InChI=1S/C21H26N2O5S/c1-27-15-17-5-4-8-18(13-17)21(24)22-14-19-6-2-3-7-20(19)16-29(25,26)23-9-11-28-12-10-23/h2-8,13H,9-12,14-16H2,1H3,(H,22,24). The van der Waals surface area contributed by atoms with Crippen LogP contribution in [0.1, 0.15) is 27.0 Å². The predicted octanol–water partition coefficient (Wildman–Crippen LogP) is 1.92. The van der Waals surface area contributed by atoms with E-state index in [1.54, 1.807) is 25.3 Å². The maximum Gasteiger partial charge on any atom is 0.251 e. The zero-order valence-corrected chi connectivity index (χ0v) is 17.3. The lowest BCUT2D eigenvalue weighted by molar-refractivity contribution is 0.0729. The average Bonchev–Trinajstić information content (AvgIpc) is 2.74. The van der Waals surface area contributed by atoms with Crippen molar-refractivity contribution >= 4 is 15.9 Å². The Hall–Kier alpha value is -2.26. The van der Waals surface area contributed by atoms with Crippen molar-refractivity contribution in [1.82, 2.24) is 9.62 Å². The van der Waals surface area contributed by atoms with E-state index in [1.165, 1.54) is 4.31 Å². The maximum absolute atomic E-state index is 12.7. The number of nitrogens with zero attached hydrogens (tertiary/aromatic N) is 1. The van der Waals surface area contributed by atoms with E-state index in [0.29, 0.717) is 44.0 Å². The zero-order valence-electron chi connectivity index (χ0n) is 16.5. The largest absolute Gasteiger partial charge is 0.380 e. The van der Waals surface area contributed by atoms with Crippen LogP contribution in [0.2, 0.25) is 0 Å². The highest BCUT2D eigenvalue weighted by molar-refractivity contribution is 7.88. The number of methoxy groups -OCH3 is 1. The molecule has 7 nitrogen and oxygen atoms in total. The van der Waals surface area contributed by atoms with E-state index in [9.17, 15) is 13.2 Å². The Morgan fingerprint density at radius 2 is 1.83 bits per heavy atom. The molecule has 0 saturated carbocycles. The van der Waals surface area contributed by atoms with Crippen LogP contribution < -0.4 is 5.32 Å². The molecule has 1 aliphatic heterocycles. The summed E-state index contributed by atoms with van der Waals surface area (Å²) in [6.07, 6.45) is 0. The Morgan fingerprint density at radius 1 is 1.10 bits per heavy atom. The van der Waals surface area contributed by atoms with Gasteiger partial charge in [-0.25, -0.2) is 8.42 Å². The summed E-state index contributed by atoms with van der Waals surface area (Å²) in [5.41, 5.74) is 2.92. The quantitative estimate of drug-likeness (QED) is 0.708. The van der Waals surface area contributed by atoms with Crippen molar-refractivity contribution in [1.29, 1.82) is 0 Å². The minimum atomic E-state index is -3.43. The lowest BCUT2D eigenvalue weighted by atomic mass is 10.1. The third kappa shape index (κ3) is 5.86. The van der Waals surface area contributed by atoms with Crippen LogP contribution in [-0.2, 0) is 38.4 Å². The lowest BCUT2D eigenvalue weighted by Gasteiger charge is -2.26. The van der Waals surface area contributed by atoms with Crippen molar-refractivity contribution in [2.45, 2.75) is 18.9 Å². The van der Waals surface area contributed by atoms with Crippen molar-refractivity contribution in [3.8, 4) is 0 Å². The van der Waals surface area contributed by atoms with Gasteiger partial charge in [-0.3, -0.25) is 4.79 Å². The lowest BCUT2D eigenvalue weighted by Crippen LogP contribution is -2.41. The predicted molar refractivity (Wildman–Crippen MR) is 110 cm³/mol. The number of carbonyl (C=O) groups is 1. The summed E-state index contributed by atoms with van der Waals surface area (Å²) < 4.78 is 37.3. The van der Waals surface area contributed by atoms with Gasteiger partial charge in [0.2, 0.25) is 10.0 Å². The Balaban J connectivity index is 1.67. The molecule has 1 amide bonds. The highest BCUT2D eigenvalue weighted by Crippen LogP contribution is 2.17. The molecule has 2 aromatic carbocycles. The fraction of sp³-hybridized carbons (Fsp3) is 0.381. The van der Waals surface area contributed by atoms with Crippen molar-refractivity contribution < 1.29 is 22.7 Å². The van der Waals surface area contributed by atoms with E-state index in [0.717, 1.165) is 11.1 Å². The SMILES string of the molecule is COCc1cccc(C(=O)NCc2ccccc2CS(=O)(=O)N2CCOCC2)c1. The van der Waals surface area contributed by atoms with Crippen LogP contribution in [0.25, 0.3) is 0 Å². The van der Waals surface area contributed by atoms with E-state index in [4.69, 9.17) is 9.47 Å². The van der Waals surface area contributed by atoms with Gasteiger partial charge in [-0.2, -0.15) is 4.31 Å². The first kappa shape index (κ1) is 21.4. The third-order valence-corrected chi connectivity index (χ3v) is 6.59. The Kier molecular flexibility index (Phi) is 7.38. The monoisotopic (exact) mass is 418 g/mol. The normalized spacial score (nSPS) is 15.2. The molecule has 0 bridgehead atoms. The maximum atomic E-state index is 12.7. The number of amides is 1.